The van der Waals surface area contributed by atoms with Crippen LogP contribution in [0.1, 0.15) is 43.4 Å². The molecule has 8 fully saturated rings. The van der Waals surface area contributed by atoms with Crippen molar-refractivity contribution in [2.75, 3.05) is 18.4 Å². The lowest BCUT2D eigenvalue weighted by Gasteiger charge is -2.58. The molecule has 53 heavy (non-hydrogen) atoms. The average Bonchev–Trinajstić information content (AvgIpc) is 3.84. The molecule has 13 rings (SSSR count). The molecule has 0 saturated carbocycles. The number of hydrogen-bond acceptors (Lipinski definition) is 10. The molecule has 3 aromatic rings. The lowest BCUT2D eigenvalue weighted by molar-refractivity contribution is -0.164. The highest BCUT2D eigenvalue weighted by molar-refractivity contribution is 8.78. The Balaban J connectivity index is 1.28. The monoisotopic (exact) mass is 803 g/mol. The summed E-state index contributed by atoms with van der Waals surface area (Å²) in [6.45, 7) is 3.53. The van der Waals surface area contributed by atoms with Gasteiger partial charge in [-0.2, -0.15) is 0 Å². The van der Waals surface area contributed by atoms with Crippen LogP contribution in [-0.4, -0.2) is 97.4 Å². The Kier molecular flexibility index (Phi) is 6.07. The Hall–Kier alpha value is -3.31. The van der Waals surface area contributed by atoms with Gasteiger partial charge in [0.1, 0.15) is 6.17 Å². The van der Waals surface area contributed by atoms with E-state index in [2.05, 4.69) is 12.1 Å². The zero-order valence-electron chi connectivity index (χ0n) is 29.0. The van der Waals surface area contributed by atoms with Gasteiger partial charge in [-0.1, -0.05) is 104 Å². The van der Waals surface area contributed by atoms with Crippen molar-refractivity contribution in [3.63, 3.8) is 0 Å². The number of amides is 4. The van der Waals surface area contributed by atoms with E-state index in [9.17, 15) is 14.4 Å². The number of para-hydroxylation sites is 1. The van der Waals surface area contributed by atoms with Gasteiger partial charge in [0.05, 0.1) is 16.0 Å². The van der Waals surface area contributed by atoms with E-state index in [1.807, 2.05) is 29.2 Å². The first kappa shape index (κ1) is 33.1. The second-order valence-corrected chi connectivity index (χ2v) is 23.0. The fourth-order valence-corrected chi connectivity index (χ4v) is 19.9. The Morgan fingerprint density at radius 3 is 1.81 bits per heavy atom. The number of carbonyl (C=O) groups is 4. The summed E-state index contributed by atoms with van der Waals surface area (Å²) in [4.78, 5) is 61.4. The van der Waals surface area contributed by atoms with Crippen molar-refractivity contribution in [1.82, 2.24) is 19.6 Å². The fourth-order valence-electron chi connectivity index (χ4n) is 11.2. The zero-order chi connectivity index (χ0) is 36.9. The molecule has 4 bridgehead atoms. The third-order valence-corrected chi connectivity index (χ3v) is 22.9. The molecule has 0 aromatic heterocycles. The second kappa shape index (κ2) is 9.73. The van der Waals surface area contributed by atoms with Crippen LogP contribution in [0.5, 0.6) is 0 Å². The molecule has 16 heteroatoms. The van der Waals surface area contributed by atoms with Gasteiger partial charge in [-0.15, -0.1) is 0 Å². The van der Waals surface area contributed by atoms with Crippen LogP contribution in [0.3, 0.4) is 0 Å². The van der Waals surface area contributed by atoms with Crippen LogP contribution in [0.4, 0.5) is 5.69 Å². The lowest BCUT2D eigenvalue weighted by Crippen LogP contribution is -2.76. The minimum atomic E-state index is -4.37. The van der Waals surface area contributed by atoms with E-state index < -0.39 is 52.5 Å². The Morgan fingerprint density at radius 2 is 1.15 bits per heavy atom. The quantitative estimate of drug-likeness (QED) is 0.354. The number of nitrogens with zero attached hydrogens (tertiary/aromatic N) is 5. The van der Waals surface area contributed by atoms with E-state index in [4.69, 9.17) is 0 Å². The van der Waals surface area contributed by atoms with E-state index in [0.29, 0.717) is 17.7 Å². The molecule has 0 unspecified atom stereocenters. The molecule has 8 saturated heterocycles. The largest absolute Gasteiger partial charge is 0.319 e. The summed E-state index contributed by atoms with van der Waals surface area (Å²) in [5.41, 5.74) is 0.680. The van der Waals surface area contributed by atoms with Gasteiger partial charge in [-0.05, 0) is 55.2 Å². The maximum absolute atomic E-state index is 15.4. The molecule has 8 atom stereocenters. The number of benzene rings is 3. The Bertz CT molecular complexity index is 2400. The number of anilines is 1. The maximum Gasteiger partial charge on any atom is 0.266 e. The summed E-state index contributed by atoms with van der Waals surface area (Å²) < 4.78 is 32.1. The van der Waals surface area contributed by atoms with Crippen LogP contribution in [0.25, 0.3) is 0 Å². The van der Waals surface area contributed by atoms with Crippen molar-refractivity contribution < 1.29 is 27.6 Å². The standard InChI is InChI=1S/C37H33N5O6S5/c1-32-28(43)40-26-18-21-12-8-9-15-23(21)34(26,19-36(40,51-49-32)30(45)38(32)3)35-20-37-31(46)39(4)33(2,50-52-37)29(44)41(37)27(35)42(25-17-11-10-16-24(25)35)53(47,48)22-13-6-5-7-14-22/h5-17,26-27H,18-20H2,1-4H3/t26-,27-,32-,33-,34-,35-,36-,37-/m0/s1. The van der Waals surface area contributed by atoms with E-state index >= 15 is 13.2 Å². The van der Waals surface area contributed by atoms with E-state index in [-0.39, 0.29) is 41.4 Å². The molecule has 4 amide bonds. The summed E-state index contributed by atoms with van der Waals surface area (Å²) in [7, 11) is 4.47. The molecule has 0 N–H and O–H groups in total. The molecule has 3 aromatic carbocycles. The van der Waals surface area contributed by atoms with E-state index in [1.54, 1.807) is 80.2 Å². The van der Waals surface area contributed by atoms with Crippen molar-refractivity contribution >= 4 is 82.5 Å². The molecule has 1 aliphatic carbocycles. The van der Waals surface area contributed by atoms with Crippen LogP contribution >= 0.6 is 43.2 Å². The third kappa shape index (κ3) is 3.22. The predicted octanol–water partition coefficient (Wildman–Crippen LogP) is 4.35. The first-order valence-corrected chi connectivity index (χ1v) is 23.2. The van der Waals surface area contributed by atoms with Crippen molar-refractivity contribution in [3.8, 4) is 0 Å². The highest BCUT2D eigenvalue weighted by Gasteiger charge is 2.88. The SMILES string of the molecule is CN1C(=O)[C@@]23C[C@]4([C@]56C[C@@]78SS[C@@](C)(C(=O)N7[C@H]5N(S(=O)(=O)c5ccccc5)c5ccccc56)N(C)C8=O)c5ccccc5C[C@@H]4N2C(=O)[C@]1(C)SS3. The molecule has 9 aliphatic heterocycles. The van der Waals surface area contributed by atoms with Gasteiger partial charge in [0.25, 0.3) is 33.7 Å². The number of piperazine rings is 2. The van der Waals surface area contributed by atoms with Gasteiger partial charge in [0, 0.05) is 38.4 Å². The maximum atomic E-state index is 15.4. The second-order valence-electron chi connectivity index (χ2n) is 15.6. The summed E-state index contributed by atoms with van der Waals surface area (Å²) in [5, 5.41) is 0. The topological polar surface area (TPSA) is 119 Å². The normalized spacial score (nSPS) is 40.1. The molecule has 9 heterocycles. The molecule has 11 nitrogen and oxygen atoms in total. The van der Waals surface area contributed by atoms with Gasteiger partial charge >= 0.3 is 0 Å². The van der Waals surface area contributed by atoms with E-state index in [1.165, 1.54) is 52.4 Å². The third-order valence-electron chi connectivity index (χ3n) is 13.7. The summed E-state index contributed by atoms with van der Waals surface area (Å²) in [6, 6.07) is 23.1. The van der Waals surface area contributed by atoms with Gasteiger partial charge in [0.15, 0.2) is 19.5 Å². The molecule has 10 aliphatic rings. The summed E-state index contributed by atoms with van der Waals surface area (Å²) in [6.07, 6.45) is -0.472. The van der Waals surface area contributed by atoms with Crippen molar-refractivity contribution in [3.05, 3.63) is 95.6 Å². The number of carbonyl (C=O) groups excluding carboxylic acids is 4. The van der Waals surface area contributed by atoms with Crippen LogP contribution in [0.15, 0.2) is 83.8 Å². The molecule has 2 spiro atoms. The minimum Gasteiger partial charge on any atom is -0.319 e. The van der Waals surface area contributed by atoms with Crippen LogP contribution < -0.4 is 4.31 Å². The molecular formula is C37H33N5O6S5. The Labute approximate surface area is 322 Å². The van der Waals surface area contributed by atoms with E-state index in [0.717, 1.165) is 11.1 Å². The van der Waals surface area contributed by atoms with Gasteiger partial charge < -0.3 is 14.7 Å². The Morgan fingerprint density at radius 1 is 0.623 bits per heavy atom. The zero-order valence-corrected chi connectivity index (χ0v) is 33.1. The minimum absolute atomic E-state index is 0.0617. The fraction of sp³-hybridized carbons (Fsp3) is 0.405. The number of fused-ring (bicyclic) bond motifs is 11. The van der Waals surface area contributed by atoms with Crippen LogP contribution in [0, 0.1) is 0 Å². The highest BCUT2D eigenvalue weighted by atomic mass is 33.1. The van der Waals surface area contributed by atoms with Gasteiger partial charge in [-0.3, -0.25) is 24.1 Å². The van der Waals surface area contributed by atoms with Gasteiger partial charge in [0.2, 0.25) is 0 Å². The van der Waals surface area contributed by atoms with Gasteiger partial charge in [-0.25, -0.2) is 12.7 Å². The summed E-state index contributed by atoms with van der Waals surface area (Å²) >= 11 is 0. The average molecular weight is 804 g/mol. The lowest BCUT2D eigenvalue weighted by atomic mass is 9.53. The first-order valence-electron chi connectivity index (χ1n) is 17.4. The number of hydrogen-bond donors (Lipinski definition) is 0. The smallest absolute Gasteiger partial charge is 0.266 e. The van der Waals surface area contributed by atoms with Crippen molar-refractivity contribution in [2.45, 2.75) is 80.5 Å². The molecular weight excluding hydrogens is 771 g/mol. The van der Waals surface area contributed by atoms with Crippen LogP contribution in [0.2, 0.25) is 0 Å². The number of likely N-dealkylation sites (N-methyl/N-ethyl adjacent to an activating group) is 2. The number of sulfonamides is 1. The highest BCUT2D eigenvalue weighted by Crippen LogP contribution is 2.79. The van der Waals surface area contributed by atoms with Crippen molar-refractivity contribution in [1.29, 1.82) is 0 Å². The molecule has 0 radical (unpaired) electrons. The number of rotatable bonds is 3. The predicted molar refractivity (Wildman–Crippen MR) is 205 cm³/mol. The molecule has 272 valence electrons. The summed E-state index contributed by atoms with van der Waals surface area (Å²) in [5.74, 6) is -0.920. The van der Waals surface area contributed by atoms with Crippen LogP contribution in [-0.2, 0) is 46.5 Å². The first-order chi connectivity index (χ1) is 25.2. The van der Waals surface area contributed by atoms with Crippen molar-refractivity contribution in [2.24, 2.45) is 0 Å².